The van der Waals surface area contributed by atoms with Crippen molar-refractivity contribution < 1.29 is 40.5 Å². The predicted octanol–water partition coefficient (Wildman–Crippen LogP) is 2.33. The van der Waals surface area contributed by atoms with E-state index in [2.05, 4.69) is 38.3 Å². The Morgan fingerprint density at radius 1 is 0.640 bits per heavy atom. The molecule has 4 N–H and O–H groups in total. The molecule has 0 spiro atoms. The third-order valence-electron chi connectivity index (χ3n) is 3.48. The van der Waals surface area contributed by atoms with Gasteiger partial charge in [-0.2, -0.15) is 0 Å². The molecule has 0 aromatic heterocycles. The van der Waals surface area contributed by atoms with Crippen molar-refractivity contribution >= 4 is 34.8 Å². The van der Waals surface area contributed by atoms with Crippen molar-refractivity contribution in [1.82, 2.24) is 0 Å². The Kier molecular flexibility index (Phi) is 32.1. The number of nitrogens with two attached hydrogens (primary N) is 2. The second-order valence-corrected chi connectivity index (χ2v) is 6.68. The molecule has 0 atom stereocenters. The standard InChI is InChI=1S/2C9H19NOS.Na.H/c2*1-2-3-4-5-6-7-8-11-9(10)12;;/h2*2-8H2,1H3,(H2,10,12);;/q;;+1;-1. The smallest absolute Gasteiger partial charge is 1.00 e. The van der Waals surface area contributed by atoms with Crippen molar-refractivity contribution in [2.24, 2.45) is 11.5 Å². The maximum absolute atomic E-state index is 5.16. The van der Waals surface area contributed by atoms with E-state index in [0.717, 1.165) is 12.8 Å². The van der Waals surface area contributed by atoms with Crippen LogP contribution in [0.3, 0.4) is 0 Å². The van der Waals surface area contributed by atoms with Gasteiger partial charge in [0.1, 0.15) is 0 Å². The second kappa shape index (κ2) is 26.6. The van der Waals surface area contributed by atoms with Crippen LogP contribution in [0.4, 0.5) is 0 Å². The molecule has 0 aliphatic heterocycles. The fourth-order valence-corrected chi connectivity index (χ4v) is 2.28. The van der Waals surface area contributed by atoms with Crippen molar-refractivity contribution in [3.8, 4) is 0 Å². The summed E-state index contributed by atoms with van der Waals surface area (Å²) in [6.45, 7) is 5.80. The molecule has 0 saturated carbocycles. The summed E-state index contributed by atoms with van der Waals surface area (Å²) in [5.41, 5.74) is 10.3. The van der Waals surface area contributed by atoms with Gasteiger partial charge in [0.25, 0.3) is 10.3 Å². The molecule has 7 heteroatoms. The molecule has 0 amide bonds. The molecule has 0 fully saturated rings. The summed E-state index contributed by atoms with van der Waals surface area (Å²) in [5.74, 6) is 0. The second-order valence-electron chi connectivity index (χ2n) is 5.87. The normalized spacial score (nSPS) is 9.36. The van der Waals surface area contributed by atoms with Gasteiger partial charge in [0.05, 0.1) is 13.2 Å². The summed E-state index contributed by atoms with van der Waals surface area (Å²) < 4.78 is 9.92. The molecule has 25 heavy (non-hydrogen) atoms. The Hall–Kier alpha value is 0.380. The van der Waals surface area contributed by atoms with E-state index in [9.17, 15) is 0 Å². The Bertz CT molecular complexity index is 274. The number of hydrogen-bond donors (Lipinski definition) is 2. The van der Waals surface area contributed by atoms with Crippen LogP contribution < -0.4 is 41.0 Å². The minimum Gasteiger partial charge on any atom is -1.00 e. The average molecular weight is 403 g/mol. The summed E-state index contributed by atoms with van der Waals surface area (Å²) in [7, 11) is 0. The summed E-state index contributed by atoms with van der Waals surface area (Å²) in [5, 5.41) is 0.340. The van der Waals surface area contributed by atoms with Crippen LogP contribution in [0.25, 0.3) is 0 Å². The maximum atomic E-state index is 5.16. The molecular weight excluding hydrogens is 363 g/mol. The van der Waals surface area contributed by atoms with Gasteiger partial charge < -0.3 is 22.4 Å². The van der Waals surface area contributed by atoms with Crippen LogP contribution in [0, 0.1) is 0 Å². The summed E-state index contributed by atoms with van der Waals surface area (Å²) in [6, 6.07) is 0. The van der Waals surface area contributed by atoms with E-state index in [4.69, 9.17) is 20.9 Å². The third-order valence-corrected chi connectivity index (χ3v) is 3.72. The molecule has 0 aromatic carbocycles. The first kappa shape index (κ1) is 30.1. The fourth-order valence-electron chi connectivity index (χ4n) is 2.11. The van der Waals surface area contributed by atoms with Gasteiger partial charge in [0.2, 0.25) is 0 Å². The zero-order chi connectivity index (χ0) is 18.5. The Balaban J connectivity index is -0.000000173. The van der Waals surface area contributed by atoms with Crippen LogP contribution in [0.5, 0.6) is 0 Å². The van der Waals surface area contributed by atoms with Crippen LogP contribution >= 0.6 is 24.4 Å². The quantitative estimate of drug-likeness (QED) is 0.264. The predicted molar refractivity (Wildman–Crippen MR) is 113 cm³/mol. The molecule has 0 aliphatic rings. The monoisotopic (exact) mass is 402 g/mol. The summed E-state index contributed by atoms with van der Waals surface area (Å²) in [4.78, 5) is 0. The van der Waals surface area contributed by atoms with Crippen molar-refractivity contribution in [1.29, 1.82) is 0 Å². The van der Waals surface area contributed by atoms with E-state index in [1.807, 2.05) is 0 Å². The van der Waals surface area contributed by atoms with Gasteiger partial charge in [-0.25, -0.2) is 0 Å². The zero-order valence-corrected chi connectivity index (χ0v) is 20.3. The summed E-state index contributed by atoms with van der Waals surface area (Å²) in [6.07, 6.45) is 15.1. The van der Waals surface area contributed by atoms with Crippen LogP contribution in [-0.4, -0.2) is 23.6 Å². The first-order valence-electron chi connectivity index (χ1n) is 9.39. The molecule has 0 saturated heterocycles. The van der Waals surface area contributed by atoms with Gasteiger partial charge in [-0.05, 0) is 37.3 Å². The van der Waals surface area contributed by atoms with Crippen molar-refractivity contribution in [3.05, 3.63) is 0 Å². The first-order chi connectivity index (χ1) is 11.5. The van der Waals surface area contributed by atoms with Crippen LogP contribution in [0.1, 0.15) is 92.3 Å². The van der Waals surface area contributed by atoms with E-state index in [1.54, 1.807) is 0 Å². The van der Waals surface area contributed by atoms with Crippen LogP contribution in [0.15, 0.2) is 0 Å². The molecule has 4 nitrogen and oxygen atoms in total. The van der Waals surface area contributed by atoms with Crippen LogP contribution in [0.2, 0.25) is 0 Å². The van der Waals surface area contributed by atoms with Gasteiger partial charge in [-0.3, -0.25) is 0 Å². The van der Waals surface area contributed by atoms with Crippen molar-refractivity contribution in [2.75, 3.05) is 13.2 Å². The number of thiocarbonyl (C=S) groups is 2. The number of hydrogen-bond acceptors (Lipinski definition) is 4. The van der Waals surface area contributed by atoms with Crippen molar-refractivity contribution in [3.63, 3.8) is 0 Å². The van der Waals surface area contributed by atoms with Gasteiger partial charge in [0.15, 0.2) is 0 Å². The third kappa shape index (κ3) is 36.1. The molecule has 0 unspecified atom stereocenters. The molecular formula is C18H39N2NaO2S2. The van der Waals surface area contributed by atoms with E-state index >= 15 is 0 Å². The largest absolute Gasteiger partial charge is 1.00 e. The van der Waals surface area contributed by atoms with Gasteiger partial charge >= 0.3 is 29.6 Å². The minimum atomic E-state index is 0. The molecule has 0 rings (SSSR count). The molecule has 0 heterocycles. The van der Waals surface area contributed by atoms with E-state index in [-0.39, 0.29) is 41.3 Å². The number of unbranched alkanes of at least 4 members (excludes halogenated alkanes) is 10. The summed E-state index contributed by atoms with van der Waals surface area (Å²) >= 11 is 9.14. The SMILES string of the molecule is CCCCCCCCOC(N)=S.CCCCCCCCOC(N)=S.[H-].[Na+]. The molecule has 0 radical (unpaired) electrons. The van der Waals surface area contributed by atoms with Gasteiger partial charge in [-0.1, -0.05) is 78.1 Å². The molecule has 0 aliphatic carbocycles. The van der Waals surface area contributed by atoms with Gasteiger partial charge in [0, 0.05) is 0 Å². The number of rotatable bonds is 14. The Morgan fingerprint density at radius 2 is 0.920 bits per heavy atom. The topological polar surface area (TPSA) is 70.5 Å². The van der Waals surface area contributed by atoms with Crippen LogP contribution in [-0.2, 0) is 9.47 Å². The molecule has 0 bridgehead atoms. The number of ether oxygens (including phenoxy) is 2. The molecule has 146 valence electrons. The van der Waals surface area contributed by atoms with Gasteiger partial charge in [-0.15, -0.1) is 0 Å². The van der Waals surface area contributed by atoms with E-state index in [0.29, 0.717) is 13.2 Å². The average Bonchev–Trinajstić information content (AvgIpc) is 2.53. The zero-order valence-electron chi connectivity index (χ0n) is 17.7. The maximum Gasteiger partial charge on any atom is 1.00 e. The fraction of sp³-hybridized carbons (Fsp3) is 0.889. The van der Waals surface area contributed by atoms with E-state index in [1.165, 1.54) is 64.2 Å². The van der Waals surface area contributed by atoms with E-state index < -0.39 is 0 Å². The minimum absolute atomic E-state index is 0. The Labute approximate surface area is 189 Å². The van der Waals surface area contributed by atoms with Crippen molar-refractivity contribution in [2.45, 2.75) is 90.9 Å². The Morgan fingerprint density at radius 3 is 1.20 bits per heavy atom. The molecule has 0 aromatic rings. The first-order valence-corrected chi connectivity index (χ1v) is 10.2.